The third-order valence-electron chi connectivity index (χ3n) is 3.65. The fraction of sp³-hybridized carbons (Fsp3) is 0.263. The molecule has 0 spiro atoms. The van der Waals surface area contributed by atoms with Crippen LogP contribution in [0.25, 0.3) is 0 Å². The number of nitrogens with zero attached hydrogens (tertiary/aromatic N) is 1. The Balaban J connectivity index is 1.86. The molecule has 0 aliphatic carbocycles. The van der Waals surface area contributed by atoms with E-state index in [1.165, 1.54) is 19.2 Å². The highest BCUT2D eigenvalue weighted by atomic mass is 35.5. The van der Waals surface area contributed by atoms with E-state index in [0.717, 1.165) is 12.1 Å². The number of hydrogen-bond acceptors (Lipinski definition) is 4. The summed E-state index contributed by atoms with van der Waals surface area (Å²) < 4.78 is 49.2. The quantitative estimate of drug-likeness (QED) is 0.647. The van der Waals surface area contributed by atoms with Crippen LogP contribution in [0.3, 0.4) is 0 Å². The number of carbonyl (C=O) groups is 1. The summed E-state index contributed by atoms with van der Waals surface area (Å²) >= 11 is 5.54. The molecule has 0 heterocycles. The van der Waals surface area contributed by atoms with Crippen molar-refractivity contribution in [3.63, 3.8) is 0 Å². The van der Waals surface area contributed by atoms with E-state index in [4.69, 9.17) is 26.3 Å². The van der Waals surface area contributed by atoms with E-state index in [1.54, 1.807) is 12.1 Å². The molecule has 0 aliphatic heterocycles. The van der Waals surface area contributed by atoms with Crippen LogP contribution in [0.15, 0.2) is 36.4 Å². The van der Waals surface area contributed by atoms with Crippen molar-refractivity contribution in [1.82, 2.24) is 0 Å². The molecule has 1 amide bonds. The van der Waals surface area contributed by atoms with Gasteiger partial charge in [-0.2, -0.15) is 18.4 Å². The first-order valence-corrected chi connectivity index (χ1v) is 8.50. The van der Waals surface area contributed by atoms with E-state index in [9.17, 15) is 18.0 Å². The minimum Gasteiger partial charge on any atom is -0.493 e. The largest absolute Gasteiger partial charge is 0.493 e. The van der Waals surface area contributed by atoms with Gasteiger partial charge in [0.15, 0.2) is 11.5 Å². The Morgan fingerprint density at radius 1 is 1.21 bits per heavy atom. The van der Waals surface area contributed by atoms with Crippen molar-refractivity contribution in [2.45, 2.75) is 19.0 Å². The number of nitriles is 1. The minimum atomic E-state index is -4.61. The Morgan fingerprint density at radius 2 is 1.96 bits per heavy atom. The zero-order valence-corrected chi connectivity index (χ0v) is 15.5. The molecule has 148 valence electrons. The maximum Gasteiger partial charge on any atom is 0.417 e. The smallest absolute Gasteiger partial charge is 0.417 e. The van der Waals surface area contributed by atoms with Crippen LogP contribution >= 0.6 is 11.6 Å². The Bertz CT molecular complexity index is 895. The van der Waals surface area contributed by atoms with Gasteiger partial charge in [0, 0.05) is 18.2 Å². The molecule has 0 fully saturated rings. The molecule has 2 aromatic rings. The second kappa shape index (κ2) is 9.33. The number of anilines is 1. The predicted molar refractivity (Wildman–Crippen MR) is 97.5 cm³/mol. The molecule has 0 aromatic heterocycles. The van der Waals surface area contributed by atoms with E-state index < -0.39 is 22.7 Å². The van der Waals surface area contributed by atoms with Crippen molar-refractivity contribution < 1.29 is 27.4 Å². The molecule has 0 radical (unpaired) electrons. The van der Waals surface area contributed by atoms with Crippen molar-refractivity contribution in [3.8, 4) is 17.6 Å². The number of halogens is 4. The van der Waals surface area contributed by atoms with Crippen molar-refractivity contribution in [2.24, 2.45) is 0 Å². The van der Waals surface area contributed by atoms with Crippen molar-refractivity contribution in [2.75, 3.05) is 19.0 Å². The van der Waals surface area contributed by atoms with E-state index in [-0.39, 0.29) is 18.7 Å². The lowest BCUT2D eigenvalue weighted by molar-refractivity contribution is -0.137. The fourth-order valence-electron chi connectivity index (χ4n) is 2.31. The molecule has 2 aromatic carbocycles. The third-order valence-corrected chi connectivity index (χ3v) is 3.98. The van der Waals surface area contributed by atoms with E-state index in [0.29, 0.717) is 23.5 Å². The Kier molecular flexibility index (Phi) is 7.12. The lowest BCUT2D eigenvalue weighted by Crippen LogP contribution is -2.14. The van der Waals surface area contributed by atoms with Gasteiger partial charge in [-0.3, -0.25) is 4.79 Å². The summed E-state index contributed by atoms with van der Waals surface area (Å²) in [5, 5.41) is 10.8. The molecule has 0 saturated heterocycles. The molecule has 0 unspecified atom stereocenters. The average Bonchev–Trinajstić information content (AvgIpc) is 2.65. The fourth-order valence-corrected chi connectivity index (χ4v) is 2.54. The van der Waals surface area contributed by atoms with Gasteiger partial charge in [-0.25, -0.2) is 0 Å². The maximum atomic E-state index is 12.8. The molecular formula is C19H16ClF3N2O3. The van der Waals surface area contributed by atoms with Gasteiger partial charge in [-0.1, -0.05) is 11.6 Å². The van der Waals surface area contributed by atoms with Gasteiger partial charge < -0.3 is 14.8 Å². The van der Waals surface area contributed by atoms with Crippen LogP contribution < -0.4 is 14.8 Å². The number of nitrogens with one attached hydrogen (secondary N) is 1. The highest BCUT2D eigenvalue weighted by Crippen LogP contribution is 2.36. The first-order chi connectivity index (χ1) is 13.2. The van der Waals surface area contributed by atoms with Crippen LogP contribution in [-0.2, 0) is 11.0 Å². The SMILES string of the molecule is COc1cc(C#N)ccc1OCCCC(=O)Nc1ccc(Cl)c(C(F)(F)F)c1. The predicted octanol–water partition coefficient (Wildman–Crippen LogP) is 5.04. The molecule has 28 heavy (non-hydrogen) atoms. The van der Waals surface area contributed by atoms with Gasteiger partial charge in [-0.05, 0) is 36.8 Å². The summed E-state index contributed by atoms with van der Waals surface area (Å²) in [6.45, 7) is 0.185. The van der Waals surface area contributed by atoms with Gasteiger partial charge in [-0.15, -0.1) is 0 Å². The minimum absolute atomic E-state index is 0.0106. The normalized spacial score (nSPS) is 10.9. The number of alkyl halides is 3. The summed E-state index contributed by atoms with van der Waals surface area (Å²) in [7, 11) is 1.44. The first-order valence-electron chi connectivity index (χ1n) is 8.12. The maximum absolute atomic E-state index is 12.8. The molecule has 5 nitrogen and oxygen atoms in total. The number of methoxy groups -OCH3 is 1. The summed E-state index contributed by atoms with van der Waals surface area (Å²) in [4.78, 5) is 11.9. The van der Waals surface area contributed by atoms with E-state index in [1.807, 2.05) is 6.07 Å². The number of rotatable bonds is 7. The summed E-state index contributed by atoms with van der Waals surface area (Å²) in [6, 6.07) is 9.85. The van der Waals surface area contributed by atoms with Crippen LogP contribution in [0.5, 0.6) is 11.5 Å². The van der Waals surface area contributed by atoms with Crippen LogP contribution in [0.1, 0.15) is 24.0 Å². The first kappa shape index (κ1) is 21.4. The zero-order chi connectivity index (χ0) is 20.7. The van der Waals surface area contributed by atoms with Gasteiger partial charge >= 0.3 is 6.18 Å². The van der Waals surface area contributed by atoms with Crippen LogP contribution in [-0.4, -0.2) is 19.6 Å². The number of hydrogen-bond donors (Lipinski definition) is 1. The number of benzene rings is 2. The van der Waals surface area contributed by atoms with Gasteiger partial charge in [0.1, 0.15) is 0 Å². The molecule has 2 rings (SSSR count). The van der Waals surface area contributed by atoms with E-state index in [2.05, 4.69) is 5.32 Å². The zero-order valence-electron chi connectivity index (χ0n) is 14.8. The summed E-state index contributed by atoms with van der Waals surface area (Å²) in [6.07, 6.45) is -4.23. The second-order valence-electron chi connectivity index (χ2n) is 5.67. The van der Waals surface area contributed by atoms with Crippen LogP contribution in [0.2, 0.25) is 5.02 Å². The monoisotopic (exact) mass is 412 g/mol. The van der Waals surface area contributed by atoms with Crippen molar-refractivity contribution in [3.05, 3.63) is 52.5 Å². The lowest BCUT2D eigenvalue weighted by Gasteiger charge is -2.12. The van der Waals surface area contributed by atoms with Gasteiger partial charge in [0.2, 0.25) is 5.91 Å². The average molecular weight is 413 g/mol. The van der Waals surface area contributed by atoms with Crippen molar-refractivity contribution in [1.29, 1.82) is 5.26 Å². The Hall–Kier alpha value is -2.92. The second-order valence-corrected chi connectivity index (χ2v) is 6.08. The van der Waals surface area contributed by atoms with Crippen molar-refractivity contribution >= 4 is 23.2 Å². The number of ether oxygens (including phenoxy) is 2. The Morgan fingerprint density at radius 3 is 2.61 bits per heavy atom. The number of amides is 1. The molecule has 0 atom stereocenters. The topological polar surface area (TPSA) is 71.3 Å². The van der Waals surface area contributed by atoms with Gasteiger partial charge in [0.25, 0.3) is 0 Å². The summed E-state index contributed by atoms with van der Waals surface area (Å²) in [5.41, 5.74) is -0.579. The lowest BCUT2D eigenvalue weighted by atomic mass is 10.2. The molecule has 0 bridgehead atoms. The molecule has 0 aliphatic rings. The third kappa shape index (κ3) is 5.79. The standard InChI is InChI=1S/C19H16ClF3N2O3/c1-27-17-9-12(11-24)4-7-16(17)28-8-2-3-18(26)25-13-5-6-15(20)14(10-13)19(21,22)23/h4-7,9-10H,2-3,8H2,1H3,(H,25,26). The van der Waals surface area contributed by atoms with Gasteiger partial charge in [0.05, 0.1) is 35.9 Å². The summed E-state index contributed by atoms with van der Waals surface area (Å²) in [5.74, 6) is 0.365. The van der Waals surface area contributed by atoms with E-state index >= 15 is 0 Å². The highest BCUT2D eigenvalue weighted by molar-refractivity contribution is 6.31. The molecule has 9 heteroatoms. The highest BCUT2D eigenvalue weighted by Gasteiger charge is 2.33. The molecular weight excluding hydrogens is 397 g/mol. The Labute approximate surface area is 164 Å². The molecule has 1 N–H and O–H groups in total. The van der Waals surface area contributed by atoms with Crippen LogP contribution in [0.4, 0.5) is 18.9 Å². The number of carbonyl (C=O) groups excluding carboxylic acids is 1. The molecule has 0 saturated carbocycles. The van der Waals surface area contributed by atoms with Crippen LogP contribution in [0, 0.1) is 11.3 Å².